The summed E-state index contributed by atoms with van der Waals surface area (Å²) in [4.78, 5) is 37.8. The molecule has 2 rings (SSSR count). The molecule has 3 heteroatoms. The molecule has 3 atom stereocenters. The third kappa shape index (κ3) is 3.82. The molecule has 0 bridgehead atoms. The highest BCUT2D eigenvalue weighted by Crippen LogP contribution is 2.40. The van der Waals surface area contributed by atoms with Gasteiger partial charge in [-0.2, -0.15) is 0 Å². The van der Waals surface area contributed by atoms with Gasteiger partial charge in [0.25, 0.3) is 0 Å². The summed E-state index contributed by atoms with van der Waals surface area (Å²) in [5.41, 5.74) is 2.57. The molecule has 3 nitrogen and oxygen atoms in total. The minimum Gasteiger partial charge on any atom is -0.294 e. The Bertz CT molecular complexity index is 621. The number of rotatable bonds is 6. The average molecular weight is 328 g/mol. The van der Waals surface area contributed by atoms with Crippen LogP contribution in [0.2, 0.25) is 0 Å². The third-order valence-corrected chi connectivity index (χ3v) is 5.28. The van der Waals surface area contributed by atoms with Gasteiger partial charge in [-0.1, -0.05) is 43.6 Å². The molecule has 0 N–H and O–H groups in total. The Labute approximate surface area is 144 Å². The van der Waals surface area contributed by atoms with Crippen LogP contribution in [0.5, 0.6) is 0 Å². The zero-order chi connectivity index (χ0) is 17.9. The maximum Gasteiger partial charge on any atom is 0.225 e. The third-order valence-electron chi connectivity index (χ3n) is 5.28. The van der Waals surface area contributed by atoms with Crippen LogP contribution in [0.4, 0.5) is 0 Å². The summed E-state index contributed by atoms with van der Waals surface area (Å²) in [6.07, 6.45) is 8.72. The molecule has 0 aliphatic heterocycles. The molecule has 0 saturated carbocycles. The van der Waals surface area contributed by atoms with Crippen molar-refractivity contribution in [2.45, 2.75) is 59.3 Å². The maximum atomic E-state index is 12.7. The molecule has 2 aliphatic rings. The number of allylic oxidation sites excluding steroid dienone is 5. The smallest absolute Gasteiger partial charge is 0.225 e. The Kier molecular flexibility index (Phi) is 6.09. The zero-order valence-electron chi connectivity index (χ0n) is 15.1. The highest BCUT2D eigenvalue weighted by Gasteiger charge is 2.44. The number of Topliss-reactive ketones (excluding diaryl/α,β-unsaturated/α-hetero) is 2. The standard InChI is InChI=1S/C21H28O3/c1-5-6-7-8-15-12-18(22)19(21(24)20(15)23)17-11-14(4)9-10-16(17)13(2)3/h11-12,16-17,19H,2,5-10H2,1,3-4H3. The van der Waals surface area contributed by atoms with E-state index in [1.807, 2.05) is 19.9 Å². The largest absolute Gasteiger partial charge is 0.294 e. The van der Waals surface area contributed by atoms with Gasteiger partial charge < -0.3 is 0 Å². The number of carbonyl (C=O) groups is 3. The van der Waals surface area contributed by atoms with Crippen LogP contribution in [0.25, 0.3) is 0 Å². The summed E-state index contributed by atoms with van der Waals surface area (Å²) in [7, 11) is 0. The van der Waals surface area contributed by atoms with Crippen molar-refractivity contribution in [1.82, 2.24) is 0 Å². The fourth-order valence-electron chi connectivity index (χ4n) is 3.88. The van der Waals surface area contributed by atoms with Crippen LogP contribution in [-0.4, -0.2) is 17.3 Å². The first kappa shape index (κ1) is 18.6. The minimum atomic E-state index is -0.857. The van der Waals surface area contributed by atoms with Crippen LogP contribution in [0.1, 0.15) is 59.3 Å². The van der Waals surface area contributed by atoms with Crippen molar-refractivity contribution in [2.75, 3.05) is 0 Å². The first-order valence-electron chi connectivity index (χ1n) is 9.02. The van der Waals surface area contributed by atoms with Gasteiger partial charge in [0.2, 0.25) is 11.6 Å². The fourth-order valence-corrected chi connectivity index (χ4v) is 3.88. The normalized spacial score (nSPS) is 27.8. The van der Waals surface area contributed by atoms with Crippen molar-refractivity contribution >= 4 is 17.3 Å². The zero-order valence-corrected chi connectivity index (χ0v) is 15.1. The lowest BCUT2D eigenvalue weighted by Gasteiger charge is -2.35. The van der Waals surface area contributed by atoms with E-state index in [0.29, 0.717) is 12.0 Å². The molecular formula is C21H28O3. The van der Waals surface area contributed by atoms with E-state index in [9.17, 15) is 14.4 Å². The second-order valence-electron chi connectivity index (χ2n) is 7.28. The quantitative estimate of drug-likeness (QED) is 0.315. The van der Waals surface area contributed by atoms with Gasteiger partial charge in [0, 0.05) is 11.5 Å². The van der Waals surface area contributed by atoms with Gasteiger partial charge in [0.15, 0.2) is 5.78 Å². The van der Waals surface area contributed by atoms with Crippen molar-refractivity contribution in [3.63, 3.8) is 0 Å². The van der Waals surface area contributed by atoms with Gasteiger partial charge in [0.1, 0.15) is 0 Å². The van der Waals surface area contributed by atoms with Crippen LogP contribution >= 0.6 is 0 Å². The number of carbonyl (C=O) groups excluding carboxylic acids is 3. The van der Waals surface area contributed by atoms with E-state index in [-0.39, 0.29) is 17.6 Å². The fraction of sp³-hybridized carbons (Fsp3) is 0.571. The van der Waals surface area contributed by atoms with Crippen LogP contribution in [0, 0.1) is 17.8 Å². The molecule has 0 fully saturated rings. The van der Waals surface area contributed by atoms with E-state index < -0.39 is 17.5 Å². The lowest BCUT2D eigenvalue weighted by Crippen LogP contribution is -2.42. The topological polar surface area (TPSA) is 51.2 Å². The van der Waals surface area contributed by atoms with Crippen molar-refractivity contribution < 1.29 is 14.4 Å². The molecule has 0 aromatic carbocycles. The second-order valence-corrected chi connectivity index (χ2v) is 7.28. The highest BCUT2D eigenvalue weighted by atomic mass is 16.2. The van der Waals surface area contributed by atoms with Crippen molar-refractivity contribution in [2.24, 2.45) is 17.8 Å². The summed E-state index contributed by atoms with van der Waals surface area (Å²) >= 11 is 0. The maximum absolute atomic E-state index is 12.7. The monoisotopic (exact) mass is 328 g/mol. The van der Waals surface area contributed by atoms with Crippen molar-refractivity contribution in [1.29, 1.82) is 0 Å². The average Bonchev–Trinajstić information content (AvgIpc) is 2.52. The molecule has 0 amide bonds. The van der Waals surface area contributed by atoms with Gasteiger partial charge >= 0.3 is 0 Å². The molecule has 0 aromatic heterocycles. The number of unbranched alkanes of at least 4 members (excludes halogenated alkanes) is 2. The van der Waals surface area contributed by atoms with Crippen molar-refractivity contribution in [3.05, 3.63) is 35.5 Å². The molecule has 130 valence electrons. The molecule has 3 unspecified atom stereocenters. The van der Waals surface area contributed by atoms with E-state index >= 15 is 0 Å². The van der Waals surface area contributed by atoms with Crippen LogP contribution < -0.4 is 0 Å². The summed E-state index contributed by atoms with van der Waals surface area (Å²) in [6, 6.07) is 0. The van der Waals surface area contributed by atoms with E-state index in [4.69, 9.17) is 0 Å². The Hall–Kier alpha value is -1.77. The molecule has 0 spiro atoms. The molecule has 24 heavy (non-hydrogen) atoms. The lowest BCUT2D eigenvalue weighted by atomic mass is 9.66. The summed E-state index contributed by atoms with van der Waals surface area (Å²) in [5, 5.41) is 0. The Morgan fingerprint density at radius 2 is 1.96 bits per heavy atom. The SMILES string of the molecule is C=C(C)C1CCC(C)=CC1C1C(=O)C=C(CCCCC)C(=O)C1=O. The summed E-state index contributed by atoms with van der Waals surface area (Å²) in [6.45, 7) is 10.1. The van der Waals surface area contributed by atoms with Gasteiger partial charge in [-0.15, -0.1) is 0 Å². The predicted octanol–water partition coefficient (Wildman–Crippen LogP) is 4.38. The molecule has 0 heterocycles. The Morgan fingerprint density at radius 3 is 2.58 bits per heavy atom. The first-order valence-corrected chi connectivity index (χ1v) is 9.02. The molecular weight excluding hydrogens is 300 g/mol. The van der Waals surface area contributed by atoms with Gasteiger partial charge in [0.05, 0.1) is 5.92 Å². The van der Waals surface area contributed by atoms with Crippen LogP contribution in [0.15, 0.2) is 35.5 Å². The van der Waals surface area contributed by atoms with E-state index in [2.05, 4.69) is 13.5 Å². The highest BCUT2D eigenvalue weighted by molar-refractivity contribution is 6.50. The van der Waals surface area contributed by atoms with Gasteiger partial charge in [-0.3, -0.25) is 14.4 Å². The van der Waals surface area contributed by atoms with Crippen molar-refractivity contribution in [3.8, 4) is 0 Å². The van der Waals surface area contributed by atoms with Crippen LogP contribution in [-0.2, 0) is 14.4 Å². The predicted molar refractivity (Wildman–Crippen MR) is 95.5 cm³/mol. The van der Waals surface area contributed by atoms with Gasteiger partial charge in [-0.25, -0.2) is 0 Å². The van der Waals surface area contributed by atoms with E-state index in [0.717, 1.165) is 37.7 Å². The Balaban J connectivity index is 2.29. The van der Waals surface area contributed by atoms with E-state index in [1.54, 1.807) is 0 Å². The Morgan fingerprint density at radius 1 is 1.25 bits per heavy atom. The van der Waals surface area contributed by atoms with E-state index in [1.165, 1.54) is 11.6 Å². The lowest BCUT2D eigenvalue weighted by molar-refractivity contribution is -0.142. The molecule has 0 saturated heterocycles. The number of ketones is 3. The number of hydrogen-bond acceptors (Lipinski definition) is 3. The molecule has 0 aromatic rings. The first-order chi connectivity index (χ1) is 11.4. The second kappa shape index (κ2) is 7.87. The summed E-state index contributed by atoms with van der Waals surface area (Å²) < 4.78 is 0. The van der Waals surface area contributed by atoms with Gasteiger partial charge in [-0.05, 0) is 51.5 Å². The van der Waals surface area contributed by atoms with Crippen LogP contribution in [0.3, 0.4) is 0 Å². The molecule has 0 radical (unpaired) electrons. The molecule has 2 aliphatic carbocycles. The minimum absolute atomic E-state index is 0.0921. The number of hydrogen-bond donors (Lipinski definition) is 0. The summed E-state index contributed by atoms with van der Waals surface area (Å²) in [5.74, 6) is -2.16.